The van der Waals surface area contributed by atoms with Gasteiger partial charge in [0.25, 0.3) is 0 Å². The van der Waals surface area contributed by atoms with E-state index < -0.39 is 0 Å². The molecule has 0 aromatic heterocycles. The van der Waals surface area contributed by atoms with Crippen LogP contribution in [0.5, 0.6) is 0 Å². The van der Waals surface area contributed by atoms with Crippen LogP contribution in [0.2, 0.25) is 5.02 Å². The summed E-state index contributed by atoms with van der Waals surface area (Å²) in [5.74, 6) is 0. The van der Waals surface area contributed by atoms with Crippen molar-refractivity contribution in [3.63, 3.8) is 0 Å². The molecule has 0 bridgehead atoms. The lowest BCUT2D eigenvalue weighted by atomic mass is 10.1. The van der Waals surface area contributed by atoms with Crippen LogP contribution in [0.1, 0.15) is 11.1 Å². The molecule has 0 fully saturated rings. The van der Waals surface area contributed by atoms with Gasteiger partial charge in [-0.2, -0.15) is 0 Å². The van der Waals surface area contributed by atoms with Gasteiger partial charge in [-0.25, -0.2) is 0 Å². The average molecular weight is 229 g/mol. The van der Waals surface area contributed by atoms with E-state index in [0.717, 1.165) is 21.8 Å². The van der Waals surface area contributed by atoms with Crippen LogP contribution in [-0.4, -0.2) is 12.2 Å². The van der Waals surface area contributed by atoms with E-state index in [-0.39, 0.29) is 0 Å². The molecule has 76 valence electrons. The van der Waals surface area contributed by atoms with Crippen molar-refractivity contribution in [3.8, 4) is 0 Å². The number of benzene rings is 1. The van der Waals surface area contributed by atoms with Gasteiger partial charge in [-0.3, -0.25) is 0 Å². The van der Waals surface area contributed by atoms with E-state index in [1.54, 1.807) is 7.05 Å². The van der Waals surface area contributed by atoms with Crippen LogP contribution in [0.3, 0.4) is 0 Å². The van der Waals surface area contributed by atoms with Gasteiger partial charge >= 0.3 is 0 Å². The van der Waals surface area contributed by atoms with E-state index in [1.165, 1.54) is 0 Å². The molecule has 14 heavy (non-hydrogen) atoms. The molecular weight excluding hydrogens is 216 g/mol. The third-order valence-electron chi connectivity index (χ3n) is 1.98. The van der Waals surface area contributed by atoms with Crippen molar-refractivity contribution in [2.75, 3.05) is 12.4 Å². The number of hydrogen-bond donors (Lipinski definition) is 2. The number of nitrogens with one attached hydrogen (secondary N) is 2. The van der Waals surface area contributed by atoms with Crippen molar-refractivity contribution in [1.82, 2.24) is 5.32 Å². The molecule has 0 atom stereocenters. The van der Waals surface area contributed by atoms with E-state index in [4.69, 9.17) is 23.8 Å². The van der Waals surface area contributed by atoms with E-state index in [0.29, 0.717) is 5.11 Å². The van der Waals surface area contributed by atoms with Crippen LogP contribution >= 0.6 is 23.8 Å². The highest BCUT2D eigenvalue weighted by Crippen LogP contribution is 2.24. The molecule has 0 aliphatic rings. The standard InChI is InChI=1S/C10H13ClN2S/c1-6-4-7(2)9(5-8(6)11)13-10(14)12-3/h4-5H,1-3H3,(H2,12,13,14). The third kappa shape index (κ3) is 2.59. The van der Waals surface area contributed by atoms with Gasteiger partial charge in [0.05, 0.1) is 0 Å². The van der Waals surface area contributed by atoms with Gasteiger partial charge in [0.15, 0.2) is 5.11 Å². The molecule has 0 amide bonds. The van der Waals surface area contributed by atoms with Gasteiger partial charge in [0, 0.05) is 17.8 Å². The fourth-order valence-electron chi connectivity index (χ4n) is 1.15. The summed E-state index contributed by atoms with van der Waals surface area (Å²) in [6.07, 6.45) is 0. The summed E-state index contributed by atoms with van der Waals surface area (Å²) in [5, 5.41) is 7.25. The Morgan fingerprint density at radius 3 is 2.50 bits per heavy atom. The molecule has 2 N–H and O–H groups in total. The lowest BCUT2D eigenvalue weighted by Crippen LogP contribution is -2.24. The molecule has 2 nitrogen and oxygen atoms in total. The topological polar surface area (TPSA) is 24.1 Å². The summed E-state index contributed by atoms with van der Waals surface area (Å²) < 4.78 is 0. The quantitative estimate of drug-likeness (QED) is 0.723. The number of halogens is 1. The van der Waals surface area contributed by atoms with Gasteiger partial charge in [0.2, 0.25) is 0 Å². The number of thiocarbonyl (C=S) groups is 1. The van der Waals surface area contributed by atoms with Crippen molar-refractivity contribution < 1.29 is 0 Å². The number of anilines is 1. The SMILES string of the molecule is CNC(=S)Nc1cc(Cl)c(C)cc1C. The van der Waals surface area contributed by atoms with Crippen molar-refractivity contribution in [2.24, 2.45) is 0 Å². The van der Waals surface area contributed by atoms with Crippen LogP contribution in [0, 0.1) is 13.8 Å². The Bertz CT molecular complexity index is 363. The third-order valence-corrected chi connectivity index (χ3v) is 2.69. The summed E-state index contributed by atoms with van der Waals surface area (Å²) in [6.45, 7) is 4.00. The lowest BCUT2D eigenvalue weighted by Gasteiger charge is -2.11. The molecule has 0 aliphatic heterocycles. The molecule has 0 radical (unpaired) electrons. The molecule has 1 aromatic rings. The molecule has 1 aromatic carbocycles. The zero-order chi connectivity index (χ0) is 10.7. The second-order valence-electron chi connectivity index (χ2n) is 3.12. The van der Waals surface area contributed by atoms with E-state index in [2.05, 4.69) is 10.6 Å². The van der Waals surface area contributed by atoms with Gasteiger partial charge in [0.1, 0.15) is 0 Å². The summed E-state index contributed by atoms with van der Waals surface area (Å²) in [7, 11) is 1.78. The Kier molecular flexibility index (Phi) is 3.72. The monoisotopic (exact) mass is 228 g/mol. The first kappa shape index (κ1) is 11.3. The average Bonchev–Trinajstić information content (AvgIpc) is 2.14. The highest BCUT2D eigenvalue weighted by atomic mass is 35.5. The molecule has 1 rings (SSSR count). The smallest absolute Gasteiger partial charge is 0.170 e. The lowest BCUT2D eigenvalue weighted by molar-refractivity contribution is 1.19. The zero-order valence-corrected chi connectivity index (χ0v) is 10.0. The van der Waals surface area contributed by atoms with Crippen LogP contribution in [0.15, 0.2) is 12.1 Å². The van der Waals surface area contributed by atoms with Crippen molar-refractivity contribution in [1.29, 1.82) is 0 Å². The molecule has 0 saturated carbocycles. The largest absolute Gasteiger partial charge is 0.366 e. The summed E-state index contributed by atoms with van der Waals surface area (Å²) in [5.41, 5.74) is 3.15. The fraction of sp³-hybridized carbons (Fsp3) is 0.300. The van der Waals surface area contributed by atoms with Crippen molar-refractivity contribution in [2.45, 2.75) is 13.8 Å². The minimum Gasteiger partial charge on any atom is -0.366 e. The van der Waals surface area contributed by atoms with E-state index >= 15 is 0 Å². The number of rotatable bonds is 1. The van der Waals surface area contributed by atoms with Gasteiger partial charge in [-0.15, -0.1) is 0 Å². The fourth-order valence-corrected chi connectivity index (χ4v) is 1.42. The summed E-state index contributed by atoms with van der Waals surface area (Å²) in [6, 6.07) is 3.92. The Labute approximate surface area is 94.7 Å². The first-order valence-electron chi connectivity index (χ1n) is 4.30. The second-order valence-corrected chi connectivity index (χ2v) is 3.94. The predicted octanol–water partition coefficient (Wildman–Crippen LogP) is 2.87. The minimum absolute atomic E-state index is 0.591. The van der Waals surface area contributed by atoms with Gasteiger partial charge < -0.3 is 10.6 Å². The number of hydrogen-bond acceptors (Lipinski definition) is 1. The van der Waals surface area contributed by atoms with Crippen molar-refractivity contribution in [3.05, 3.63) is 28.3 Å². The first-order chi connectivity index (χ1) is 6.54. The van der Waals surface area contributed by atoms with Crippen LogP contribution < -0.4 is 10.6 Å². The van der Waals surface area contributed by atoms with Crippen LogP contribution in [-0.2, 0) is 0 Å². The molecule has 4 heteroatoms. The van der Waals surface area contributed by atoms with E-state index in [1.807, 2.05) is 26.0 Å². The Morgan fingerprint density at radius 1 is 1.29 bits per heavy atom. The second kappa shape index (κ2) is 4.62. The molecule has 0 unspecified atom stereocenters. The molecular formula is C10H13ClN2S. The Hall–Kier alpha value is -0.800. The molecule has 0 aliphatic carbocycles. The van der Waals surface area contributed by atoms with Crippen LogP contribution in [0.25, 0.3) is 0 Å². The van der Waals surface area contributed by atoms with Crippen molar-refractivity contribution >= 4 is 34.6 Å². The number of aryl methyl sites for hydroxylation is 2. The Balaban J connectivity index is 2.98. The normalized spacial score (nSPS) is 9.71. The minimum atomic E-state index is 0.591. The maximum Gasteiger partial charge on any atom is 0.170 e. The molecule has 0 saturated heterocycles. The highest BCUT2D eigenvalue weighted by Gasteiger charge is 2.03. The molecule has 0 spiro atoms. The molecule has 0 heterocycles. The summed E-state index contributed by atoms with van der Waals surface area (Å²) in [4.78, 5) is 0. The van der Waals surface area contributed by atoms with Gasteiger partial charge in [-0.1, -0.05) is 17.7 Å². The summed E-state index contributed by atoms with van der Waals surface area (Å²) >= 11 is 11.0. The van der Waals surface area contributed by atoms with E-state index in [9.17, 15) is 0 Å². The van der Waals surface area contributed by atoms with Crippen LogP contribution in [0.4, 0.5) is 5.69 Å². The van der Waals surface area contributed by atoms with Gasteiger partial charge in [-0.05, 0) is 43.3 Å². The first-order valence-corrected chi connectivity index (χ1v) is 5.08. The highest BCUT2D eigenvalue weighted by molar-refractivity contribution is 7.80. The Morgan fingerprint density at radius 2 is 1.93 bits per heavy atom. The zero-order valence-electron chi connectivity index (χ0n) is 8.44. The maximum absolute atomic E-state index is 6.01. The maximum atomic E-state index is 6.01. The predicted molar refractivity (Wildman–Crippen MR) is 66.2 cm³/mol.